The third kappa shape index (κ3) is 3.30. The normalized spacial score (nSPS) is 14.1. The van der Waals surface area contributed by atoms with Gasteiger partial charge in [-0.2, -0.15) is 0 Å². The lowest BCUT2D eigenvalue weighted by Gasteiger charge is -2.38. The Morgan fingerprint density at radius 2 is 2.12 bits per heavy atom. The Hall–Kier alpha value is -0.380. The van der Waals surface area contributed by atoms with Crippen molar-refractivity contribution >= 4 is 28.7 Å². The van der Waals surface area contributed by atoms with Gasteiger partial charge < -0.3 is 0 Å². The second-order valence-corrected chi connectivity index (χ2v) is 6.64. The van der Waals surface area contributed by atoms with Gasteiger partial charge in [-0.3, -0.25) is 9.69 Å². The topological polar surface area (TPSA) is 20.3 Å². The standard InChI is InChI=1S/C13H20ClNOS/c1-6-13(3,4)15(5)9(2)12(16)10-7-8-11(14)17-10/h7-9H,6H2,1-5H3. The minimum Gasteiger partial charge on any atom is -0.291 e. The van der Waals surface area contributed by atoms with Gasteiger partial charge in [0.15, 0.2) is 5.78 Å². The molecule has 1 aromatic rings. The van der Waals surface area contributed by atoms with Crippen molar-refractivity contribution < 1.29 is 4.79 Å². The zero-order chi connectivity index (χ0) is 13.2. The first-order valence-corrected chi connectivity index (χ1v) is 7.01. The fourth-order valence-corrected chi connectivity index (χ4v) is 2.67. The molecule has 0 fully saturated rings. The van der Waals surface area contributed by atoms with Crippen LogP contribution in [-0.4, -0.2) is 29.3 Å². The Kier molecular flexibility index (Phi) is 4.76. The number of hydrogen-bond donors (Lipinski definition) is 0. The molecular formula is C13H20ClNOS. The van der Waals surface area contributed by atoms with Gasteiger partial charge in [-0.05, 0) is 46.4 Å². The van der Waals surface area contributed by atoms with Gasteiger partial charge >= 0.3 is 0 Å². The van der Waals surface area contributed by atoms with Crippen LogP contribution in [0.15, 0.2) is 12.1 Å². The van der Waals surface area contributed by atoms with Gasteiger partial charge in [-0.15, -0.1) is 11.3 Å². The third-order valence-electron chi connectivity index (χ3n) is 3.60. The van der Waals surface area contributed by atoms with Gasteiger partial charge in [-0.25, -0.2) is 0 Å². The van der Waals surface area contributed by atoms with E-state index >= 15 is 0 Å². The van der Waals surface area contributed by atoms with Gasteiger partial charge in [0.05, 0.1) is 15.3 Å². The number of halogens is 1. The van der Waals surface area contributed by atoms with Gasteiger partial charge in [0.25, 0.3) is 0 Å². The first-order chi connectivity index (χ1) is 7.79. The number of likely N-dealkylation sites (N-methyl/N-ethyl adjacent to an activating group) is 1. The van der Waals surface area contributed by atoms with Gasteiger partial charge in [0.1, 0.15) is 0 Å². The molecular weight excluding hydrogens is 254 g/mol. The molecule has 0 aromatic carbocycles. The van der Waals surface area contributed by atoms with E-state index in [1.807, 2.05) is 14.0 Å². The Morgan fingerprint density at radius 1 is 1.53 bits per heavy atom. The maximum absolute atomic E-state index is 12.3. The van der Waals surface area contributed by atoms with E-state index in [1.54, 1.807) is 12.1 Å². The van der Waals surface area contributed by atoms with Crippen LogP contribution in [0.25, 0.3) is 0 Å². The smallest absolute Gasteiger partial charge is 0.189 e. The molecule has 4 heteroatoms. The number of carbonyl (C=O) groups is 1. The lowest BCUT2D eigenvalue weighted by Crippen LogP contribution is -2.48. The monoisotopic (exact) mass is 273 g/mol. The van der Waals surface area contributed by atoms with Crippen LogP contribution in [0.4, 0.5) is 0 Å². The summed E-state index contributed by atoms with van der Waals surface area (Å²) in [7, 11) is 2.00. The Bertz CT molecular complexity index is 400. The van der Waals surface area contributed by atoms with Crippen LogP contribution in [0.1, 0.15) is 43.8 Å². The molecule has 0 radical (unpaired) electrons. The van der Waals surface area contributed by atoms with Crippen molar-refractivity contribution in [1.29, 1.82) is 0 Å². The maximum Gasteiger partial charge on any atom is 0.189 e. The summed E-state index contributed by atoms with van der Waals surface area (Å²) in [5, 5.41) is 0. The molecule has 0 bridgehead atoms. The predicted octanol–water partition coefficient (Wildman–Crippen LogP) is 4.09. The van der Waals surface area contributed by atoms with Crippen molar-refractivity contribution in [3.8, 4) is 0 Å². The van der Waals surface area contributed by atoms with Crippen LogP contribution in [0.3, 0.4) is 0 Å². The number of thiophene rings is 1. The molecule has 0 amide bonds. The third-order valence-corrected chi connectivity index (χ3v) is 4.84. The average molecular weight is 274 g/mol. The van der Waals surface area contributed by atoms with Crippen LogP contribution in [0.2, 0.25) is 4.34 Å². The van der Waals surface area contributed by atoms with Crippen LogP contribution < -0.4 is 0 Å². The van der Waals surface area contributed by atoms with E-state index in [4.69, 9.17) is 11.6 Å². The first kappa shape index (κ1) is 14.7. The first-order valence-electron chi connectivity index (χ1n) is 5.82. The summed E-state index contributed by atoms with van der Waals surface area (Å²) < 4.78 is 0.665. The zero-order valence-corrected chi connectivity index (χ0v) is 12.7. The molecule has 1 atom stereocenters. The molecule has 1 aromatic heterocycles. The molecule has 1 heterocycles. The van der Waals surface area contributed by atoms with E-state index in [1.165, 1.54) is 11.3 Å². The van der Waals surface area contributed by atoms with Crippen LogP contribution in [-0.2, 0) is 0 Å². The summed E-state index contributed by atoms with van der Waals surface area (Å²) in [6.45, 7) is 8.39. The molecule has 0 spiro atoms. The van der Waals surface area contributed by atoms with E-state index in [0.29, 0.717) is 4.34 Å². The summed E-state index contributed by atoms with van der Waals surface area (Å²) in [4.78, 5) is 15.1. The summed E-state index contributed by atoms with van der Waals surface area (Å²) in [6.07, 6.45) is 1.01. The summed E-state index contributed by atoms with van der Waals surface area (Å²) in [6, 6.07) is 3.45. The summed E-state index contributed by atoms with van der Waals surface area (Å²) >= 11 is 7.21. The maximum atomic E-state index is 12.3. The predicted molar refractivity (Wildman–Crippen MR) is 75.3 cm³/mol. The molecule has 0 aliphatic rings. The molecule has 0 N–H and O–H groups in total. The summed E-state index contributed by atoms with van der Waals surface area (Å²) in [5.74, 6) is 0.144. The highest BCUT2D eigenvalue weighted by Crippen LogP contribution is 2.26. The second kappa shape index (κ2) is 5.51. The number of rotatable bonds is 5. The average Bonchev–Trinajstić information content (AvgIpc) is 2.72. The molecule has 0 saturated carbocycles. The van der Waals surface area contributed by atoms with E-state index in [0.717, 1.165) is 11.3 Å². The largest absolute Gasteiger partial charge is 0.291 e. The van der Waals surface area contributed by atoms with E-state index in [-0.39, 0.29) is 17.4 Å². The minimum absolute atomic E-state index is 0.0239. The van der Waals surface area contributed by atoms with E-state index < -0.39 is 0 Å². The van der Waals surface area contributed by atoms with Crippen LogP contribution >= 0.6 is 22.9 Å². The summed E-state index contributed by atoms with van der Waals surface area (Å²) in [5.41, 5.74) is 0.0239. The second-order valence-electron chi connectivity index (χ2n) is 4.92. The van der Waals surface area contributed by atoms with E-state index in [2.05, 4.69) is 25.7 Å². The van der Waals surface area contributed by atoms with Gasteiger partial charge in [-0.1, -0.05) is 18.5 Å². The molecule has 0 saturated heterocycles. The van der Waals surface area contributed by atoms with E-state index in [9.17, 15) is 4.79 Å². The number of hydrogen-bond acceptors (Lipinski definition) is 3. The number of carbonyl (C=O) groups excluding carboxylic acids is 1. The Labute approximate surface area is 113 Å². The highest BCUT2D eigenvalue weighted by Gasteiger charge is 2.30. The number of nitrogens with zero attached hydrogens (tertiary/aromatic N) is 1. The number of Topliss-reactive ketones (excluding diaryl/α,β-unsaturated/α-hetero) is 1. The molecule has 1 rings (SSSR count). The van der Waals surface area contributed by atoms with Gasteiger partial charge in [0, 0.05) is 5.54 Å². The lowest BCUT2D eigenvalue weighted by atomic mass is 9.96. The molecule has 0 aliphatic heterocycles. The fourth-order valence-electron chi connectivity index (χ4n) is 1.60. The quantitative estimate of drug-likeness (QED) is 0.753. The van der Waals surface area contributed by atoms with Crippen molar-refractivity contribution in [2.24, 2.45) is 0 Å². The highest BCUT2D eigenvalue weighted by atomic mass is 35.5. The molecule has 96 valence electrons. The number of ketones is 1. The van der Waals surface area contributed by atoms with Crippen molar-refractivity contribution in [3.63, 3.8) is 0 Å². The van der Waals surface area contributed by atoms with Crippen LogP contribution in [0, 0.1) is 0 Å². The van der Waals surface area contributed by atoms with Gasteiger partial charge in [0.2, 0.25) is 0 Å². The lowest BCUT2D eigenvalue weighted by molar-refractivity contribution is 0.0681. The molecule has 0 aliphatic carbocycles. The molecule has 2 nitrogen and oxygen atoms in total. The SMILES string of the molecule is CCC(C)(C)N(C)C(C)C(=O)c1ccc(Cl)s1. The van der Waals surface area contributed by atoms with Crippen molar-refractivity contribution in [1.82, 2.24) is 4.90 Å². The molecule has 17 heavy (non-hydrogen) atoms. The zero-order valence-electron chi connectivity index (χ0n) is 11.1. The minimum atomic E-state index is -0.125. The Morgan fingerprint density at radius 3 is 2.53 bits per heavy atom. The van der Waals surface area contributed by atoms with Crippen molar-refractivity contribution in [3.05, 3.63) is 21.3 Å². The Balaban J connectivity index is 2.83. The fraction of sp³-hybridized carbons (Fsp3) is 0.615. The highest BCUT2D eigenvalue weighted by molar-refractivity contribution is 7.18. The molecule has 1 unspecified atom stereocenters. The van der Waals surface area contributed by atoms with Crippen LogP contribution in [0.5, 0.6) is 0 Å². The van der Waals surface area contributed by atoms with Crippen molar-refractivity contribution in [2.75, 3.05) is 7.05 Å². The van der Waals surface area contributed by atoms with Crippen molar-refractivity contribution in [2.45, 2.75) is 45.7 Å².